The fraction of sp³-hybridized carbons (Fsp3) is 0.833. The minimum Gasteiger partial charge on any atom is -0.0878 e. The summed E-state index contributed by atoms with van der Waals surface area (Å²) in [6.07, 6.45) is 11.4. The molecule has 0 saturated heterocycles. The molecule has 13 heavy (non-hydrogen) atoms. The summed E-state index contributed by atoms with van der Waals surface area (Å²) in [5, 5.41) is 0. The van der Waals surface area contributed by atoms with E-state index in [0.717, 1.165) is 12.8 Å². The van der Waals surface area contributed by atoms with Gasteiger partial charge in [-0.3, -0.25) is 0 Å². The molecule has 0 fully saturated rings. The minimum atomic E-state index is 0.853. The zero-order chi connectivity index (χ0) is 9.78. The summed E-state index contributed by atoms with van der Waals surface area (Å²) in [6, 6.07) is 1.94. The Labute approximate surface area is 83.1 Å². The third kappa shape index (κ3) is 11.4. The summed E-state index contributed by atoms with van der Waals surface area (Å²) < 4.78 is 0. The van der Waals surface area contributed by atoms with Crippen molar-refractivity contribution in [3.63, 3.8) is 0 Å². The molecule has 0 amide bonds. The van der Waals surface area contributed by atoms with E-state index < -0.39 is 0 Å². The molecular weight excluding hydrogens is 158 g/mol. The Hall–Kier alpha value is -0.640. The molecule has 0 spiro atoms. The highest BCUT2D eigenvalue weighted by atomic mass is 14.4. The van der Waals surface area contributed by atoms with E-state index in [4.69, 9.17) is 5.73 Å². The number of nitrogens with zero attached hydrogens (tertiary/aromatic N) is 1. The van der Waals surface area contributed by atoms with Gasteiger partial charge in [0.25, 0.3) is 0 Å². The van der Waals surface area contributed by atoms with Crippen molar-refractivity contribution in [2.24, 2.45) is 0 Å². The molecule has 0 aromatic rings. The second-order valence-corrected chi connectivity index (χ2v) is 3.51. The lowest BCUT2D eigenvalue weighted by Gasteiger charge is -1.98. The van der Waals surface area contributed by atoms with Crippen LogP contribution in [0.2, 0.25) is 0 Å². The highest BCUT2D eigenvalue weighted by Gasteiger charge is 1.89. The maximum Gasteiger partial charge on any atom is 0.0584 e. The Balaban J connectivity index is 2.86. The van der Waals surface area contributed by atoms with E-state index in [9.17, 15) is 0 Å². The van der Waals surface area contributed by atoms with Gasteiger partial charge in [-0.05, 0) is 6.42 Å². The van der Waals surface area contributed by atoms with Gasteiger partial charge in [-0.25, -0.2) is 0 Å². The van der Waals surface area contributed by atoms with Crippen LogP contribution in [-0.2, 0) is 0 Å². The van der Waals surface area contributed by atoms with Crippen LogP contribution in [0.1, 0.15) is 64.7 Å². The summed E-state index contributed by atoms with van der Waals surface area (Å²) in [4.78, 5) is 0. The zero-order valence-electron chi connectivity index (χ0n) is 8.81. The monoisotopic (exact) mass is 179 g/mol. The van der Waals surface area contributed by atoms with Crippen LogP contribution >= 0.6 is 0 Å². The summed E-state index contributed by atoms with van der Waals surface area (Å²) in [5.74, 6) is 2.67. The number of hydrogen-bond donors (Lipinski definition) is 0. The van der Waals surface area contributed by atoms with Crippen LogP contribution in [0.15, 0.2) is 0 Å². The van der Waals surface area contributed by atoms with Gasteiger partial charge in [0.2, 0.25) is 0 Å². The SMILES string of the molecule is CCCCCCCCCCC#C[N]. The van der Waals surface area contributed by atoms with Crippen molar-refractivity contribution in [2.45, 2.75) is 64.7 Å². The van der Waals surface area contributed by atoms with Gasteiger partial charge in [-0.15, -0.1) is 0 Å². The van der Waals surface area contributed by atoms with E-state index in [1.807, 2.05) is 6.04 Å². The second-order valence-electron chi connectivity index (χ2n) is 3.51. The maximum absolute atomic E-state index is 8.20. The number of rotatable bonds is 8. The summed E-state index contributed by atoms with van der Waals surface area (Å²) in [5.41, 5.74) is 8.20. The van der Waals surface area contributed by atoms with E-state index in [0.29, 0.717) is 0 Å². The van der Waals surface area contributed by atoms with Gasteiger partial charge in [0.15, 0.2) is 0 Å². The van der Waals surface area contributed by atoms with Crippen LogP contribution in [0, 0.1) is 12.0 Å². The molecule has 0 bridgehead atoms. The van der Waals surface area contributed by atoms with E-state index in [1.54, 1.807) is 0 Å². The second kappa shape index (κ2) is 11.4. The van der Waals surface area contributed by atoms with Gasteiger partial charge in [0.05, 0.1) is 6.04 Å². The van der Waals surface area contributed by atoms with E-state index in [2.05, 4.69) is 12.8 Å². The highest BCUT2D eigenvalue weighted by Crippen LogP contribution is 2.08. The maximum atomic E-state index is 8.20. The lowest BCUT2D eigenvalue weighted by Crippen LogP contribution is -1.80. The zero-order valence-corrected chi connectivity index (χ0v) is 8.81. The van der Waals surface area contributed by atoms with Gasteiger partial charge in [0, 0.05) is 6.42 Å². The summed E-state index contributed by atoms with van der Waals surface area (Å²) in [7, 11) is 0. The topological polar surface area (TPSA) is 22.3 Å². The first kappa shape index (κ1) is 12.4. The third-order valence-electron chi connectivity index (χ3n) is 2.23. The fourth-order valence-corrected chi connectivity index (χ4v) is 1.40. The molecule has 0 atom stereocenters. The number of hydrogen-bond acceptors (Lipinski definition) is 0. The molecule has 0 aromatic heterocycles. The quantitative estimate of drug-likeness (QED) is 0.401. The van der Waals surface area contributed by atoms with Crippen molar-refractivity contribution in [3.8, 4) is 12.0 Å². The van der Waals surface area contributed by atoms with Gasteiger partial charge in [-0.1, -0.05) is 63.5 Å². The van der Waals surface area contributed by atoms with Gasteiger partial charge in [-0.2, -0.15) is 0 Å². The molecule has 0 aliphatic heterocycles. The van der Waals surface area contributed by atoms with Crippen LogP contribution in [0.25, 0.3) is 0 Å². The van der Waals surface area contributed by atoms with Crippen molar-refractivity contribution in [2.75, 3.05) is 0 Å². The first-order valence-electron chi connectivity index (χ1n) is 5.53. The van der Waals surface area contributed by atoms with Crippen molar-refractivity contribution < 1.29 is 0 Å². The fourth-order valence-electron chi connectivity index (χ4n) is 1.40. The van der Waals surface area contributed by atoms with Gasteiger partial charge < -0.3 is 0 Å². The largest absolute Gasteiger partial charge is 0.0878 e. The molecule has 0 aliphatic carbocycles. The predicted octanol–water partition coefficient (Wildman–Crippen LogP) is 3.55. The lowest BCUT2D eigenvalue weighted by molar-refractivity contribution is 0.579. The molecule has 74 valence electrons. The molecule has 0 N–H and O–H groups in total. The van der Waals surface area contributed by atoms with Crippen molar-refractivity contribution in [1.82, 2.24) is 5.73 Å². The third-order valence-corrected chi connectivity index (χ3v) is 2.23. The molecule has 0 aliphatic rings. The van der Waals surface area contributed by atoms with Gasteiger partial charge >= 0.3 is 0 Å². The normalized spacial score (nSPS) is 9.31. The summed E-state index contributed by atoms with van der Waals surface area (Å²) in [6.45, 7) is 2.24. The van der Waals surface area contributed by atoms with Crippen LogP contribution in [0.3, 0.4) is 0 Å². The van der Waals surface area contributed by atoms with E-state index in [1.165, 1.54) is 44.9 Å². The molecule has 0 aromatic carbocycles. The van der Waals surface area contributed by atoms with Crippen molar-refractivity contribution >= 4 is 0 Å². The first-order chi connectivity index (χ1) is 6.41. The average Bonchev–Trinajstić information content (AvgIpc) is 2.16. The summed E-state index contributed by atoms with van der Waals surface area (Å²) >= 11 is 0. The highest BCUT2D eigenvalue weighted by molar-refractivity contribution is 4.92. The van der Waals surface area contributed by atoms with Crippen molar-refractivity contribution in [3.05, 3.63) is 0 Å². The Morgan fingerprint density at radius 2 is 1.38 bits per heavy atom. The number of unbranched alkanes of at least 4 members (excludes halogenated alkanes) is 8. The molecule has 0 heterocycles. The smallest absolute Gasteiger partial charge is 0.0584 e. The van der Waals surface area contributed by atoms with Crippen LogP contribution in [0.5, 0.6) is 0 Å². The lowest BCUT2D eigenvalue weighted by atomic mass is 10.1. The Bertz CT molecular complexity index is 141. The van der Waals surface area contributed by atoms with Gasteiger partial charge in [0.1, 0.15) is 0 Å². The minimum absolute atomic E-state index is 0.853. The molecule has 2 radical (unpaired) electrons. The standard InChI is InChI=1S/C12H21N/c1-2-3-4-5-6-7-8-9-10-11-12-13/h2-10H2,1H3. The molecule has 1 heteroatoms. The Morgan fingerprint density at radius 3 is 1.92 bits per heavy atom. The molecule has 1 nitrogen and oxygen atoms in total. The Kier molecular flexibility index (Phi) is 10.8. The molecular formula is C12H21N. The predicted molar refractivity (Wildman–Crippen MR) is 57.1 cm³/mol. The van der Waals surface area contributed by atoms with E-state index in [-0.39, 0.29) is 0 Å². The molecule has 0 rings (SSSR count). The molecule has 0 unspecified atom stereocenters. The van der Waals surface area contributed by atoms with Crippen LogP contribution < -0.4 is 5.73 Å². The first-order valence-corrected chi connectivity index (χ1v) is 5.53. The van der Waals surface area contributed by atoms with Crippen LogP contribution in [-0.4, -0.2) is 0 Å². The van der Waals surface area contributed by atoms with Crippen molar-refractivity contribution in [1.29, 1.82) is 0 Å². The molecule has 0 saturated carbocycles. The van der Waals surface area contributed by atoms with E-state index >= 15 is 0 Å². The average molecular weight is 179 g/mol. The van der Waals surface area contributed by atoms with Crippen LogP contribution in [0.4, 0.5) is 0 Å². The Morgan fingerprint density at radius 1 is 0.846 bits per heavy atom.